The molecular weight excluding hydrogens is 247 g/mol. The zero-order chi connectivity index (χ0) is 14.0. The predicted octanol–water partition coefficient (Wildman–Crippen LogP) is 1.38. The van der Waals surface area contributed by atoms with Crippen molar-refractivity contribution in [2.75, 3.05) is 5.73 Å². The van der Waals surface area contributed by atoms with Crippen LogP contribution in [0.4, 0.5) is 10.1 Å². The minimum Gasteiger partial charge on any atom is -0.398 e. The van der Waals surface area contributed by atoms with E-state index in [0.29, 0.717) is 5.56 Å². The van der Waals surface area contributed by atoms with Gasteiger partial charge in [-0.1, -0.05) is 0 Å². The molecule has 0 spiro atoms. The number of nitrogens with zero attached hydrogens (tertiary/aromatic N) is 2. The van der Waals surface area contributed by atoms with Crippen LogP contribution in [0.3, 0.4) is 0 Å². The second-order valence-corrected chi connectivity index (χ2v) is 4.34. The number of nitrogens with two attached hydrogens (primary N) is 1. The predicted molar refractivity (Wildman–Crippen MR) is 69.9 cm³/mol. The van der Waals surface area contributed by atoms with Crippen LogP contribution in [0.1, 0.15) is 21.6 Å². The molecule has 0 saturated carbocycles. The molecule has 3 N–H and O–H groups in total. The standard InChI is InChI=1S/C13H15FN4O/c1-8-11(14)5-9(6-12(8)15)13(19)16-7-10-3-4-18(2)17-10/h3-6H,7,15H2,1-2H3,(H,16,19). The Kier molecular flexibility index (Phi) is 3.50. The third-order valence-electron chi connectivity index (χ3n) is 2.85. The fraction of sp³-hybridized carbons (Fsp3) is 0.231. The number of hydrogen-bond donors (Lipinski definition) is 2. The highest BCUT2D eigenvalue weighted by Crippen LogP contribution is 2.17. The summed E-state index contributed by atoms with van der Waals surface area (Å²) in [6, 6.07) is 4.44. The average molecular weight is 262 g/mol. The lowest BCUT2D eigenvalue weighted by Gasteiger charge is -2.07. The monoisotopic (exact) mass is 262 g/mol. The fourth-order valence-electron chi connectivity index (χ4n) is 1.66. The van der Waals surface area contributed by atoms with Gasteiger partial charge >= 0.3 is 0 Å². The molecular formula is C13H15FN4O. The summed E-state index contributed by atoms with van der Waals surface area (Å²) in [4.78, 5) is 11.9. The van der Waals surface area contributed by atoms with Crippen LogP contribution in [0.5, 0.6) is 0 Å². The van der Waals surface area contributed by atoms with Gasteiger partial charge in [-0.05, 0) is 25.1 Å². The molecule has 0 saturated heterocycles. The number of aryl methyl sites for hydroxylation is 1. The third kappa shape index (κ3) is 2.90. The zero-order valence-electron chi connectivity index (χ0n) is 10.8. The topological polar surface area (TPSA) is 72.9 Å². The lowest BCUT2D eigenvalue weighted by atomic mass is 10.1. The molecule has 1 amide bonds. The molecule has 19 heavy (non-hydrogen) atoms. The van der Waals surface area contributed by atoms with E-state index in [2.05, 4.69) is 10.4 Å². The van der Waals surface area contributed by atoms with Crippen LogP contribution in [0.15, 0.2) is 24.4 Å². The number of nitrogen functional groups attached to an aromatic ring is 1. The number of aromatic nitrogens is 2. The van der Waals surface area contributed by atoms with E-state index >= 15 is 0 Å². The van der Waals surface area contributed by atoms with Crippen LogP contribution in [-0.2, 0) is 13.6 Å². The van der Waals surface area contributed by atoms with Gasteiger partial charge in [0.15, 0.2) is 0 Å². The third-order valence-corrected chi connectivity index (χ3v) is 2.85. The fourth-order valence-corrected chi connectivity index (χ4v) is 1.66. The molecule has 0 aliphatic carbocycles. The van der Waals surface area contributed by atoms with Gasteiger partial charge in [-0.2, -0.15) is 5.10 Å². The van der Waals surface area contributed by atoms with Crippen molar-refractivity contribution in [2.45, 2.75) is 13.5 Å². The first-order valence-electron chi connectivity index (χ1n) is 5.79. The van der Waals surface area contributed by atoms with Crippen molar-refractivity contribution in [1.29, 1.82) is 0 Å². The highest BCUT2D eigenvalue weighted by molar-refractivity contribution is 5.95. The van der Waals surface area contributed by atoms with Crippen LogP contribution in [0.25, 0.3) is 0 Å². The van der Waals surface area contributed by atoms with Crippen LogP contribution in [0.2, 0.25) is 0 Å². The molecule has 0 atom stereocenters. The number of carbonyl (C=O) groups excluding carboxylic acids is 1. The van der Waals surface area contributed by atoms with Crippen LogP contribution in [0, 0.1) is 12.7 Å². The number of halogens is 1. The molecule has 0 aliphatic rings. The van der Waals surface area contributed by atoms with Crippen LogP contribution < -0.4 is 11.1 Å². The quantitative estimate of drug-likeness (QED) is 0.821. The molecule has 2 rings (SSSR count). The average Bonchev–Trinajstić information content (AvgIpc) is 2.78. The lowest BCUT2D eigenvalue weighted by molar-refractivity contribution is 0.0950. The van der Waals surface area contributed by atoms with Crippen molar-refractivity contribution in [3.8, 4) is 0 Å². The van der Waals surface area contributed by atoms with Crippen molar-refractivity contribution in [3.05, 3.63) is 47.0 Å². The number of nitrogens with one attached hydrogen (secondary N) is 1. The Balaban J connectivity index is 2.08. The Hall–Kier alpha value is -2.37. The summed E-state index contributed by atoms with van der Waals surface area (Å²) in [5.74, 6) is -0.862. The van der Waals surface area contributed by atoms with Crippen molar-refractivity contribution < 1.29 is 9.18 Å². The Bertz CT molecular complexity index is 598. The number of amides is 1. The molecule has 0 aliphatic heterocycles. The molecule has 0 unspecified atom stereocenters. The van der Waals surface area contributed by atoms with E-state index in [1.807, 2.05) is 0 Å². The highest BCUT2D eigenvalue weighted by Gasteiger charge is 2.11. The Morgan fingerprint density at radius 3 is 2.84 bits per heavy atom. The molecule has 0 fully saturated rings. The maximum absolute atomic E-state index is 13.5. The lowest BCUT2D eigenvalue weighted by Crippen LogP contribution is -2.23. The minimum absolute atomic E-state index is 0.205. The van der Waals surface area contributed by atoms with Crippen molar-refractivity contribution in [1.82, 2.24) is 15.1 Å². The largest absolute Gasteiger partial charge is 0.398 e. The molecule has 0 bridgehead atoms. The Morgan fingerprint density at radius 2 is 2.26 bits per heavy atom. The van der Waals surface area contributed by atoms with Gasteiger partial charge in [0, 0.05) is 30.1 Å². The van der Waals surface area contributed by atoms with Gasteiger partial charge in [-0.15, -0.1) is 0 Å². The summed E-state index contributed by atoms with van der Waals surface area (Å²) in [6.45, 7) is 1.86. The number of benzene rings is 1. The Labute approximate surface area is 110 Å². The van der Waals surface area contributed by atoms with Crippen molar-refractivity contribution in [2.24, 2.45) is 7.05 Å². The molecule has 1 aromatic heterocycles. The summed E-state index contributed by atoms with van der Waals surface area (Å²) >= 11 is 0. The molecule has 1 aromatic carbocycles. The van der Waals surface area contributed by atoms with E-state index in [1.54, 1.807) is 30.9 Å². The number of carbonyl (C=O) groups is 1. The number of anilines is 1. The Morgan fingerprint density at radius 1 is 1.53 bits per heavy atom. The summed E-state index contributed by atoms with van der Waals surface area (Å²) in [5.41, 5.74) is 7.19. The molecule has 2 aromatic rings. The van der Waals surface area contributed by atoms with E-state index in [4.69, 9.17) is 5.73 Å². The summed E-state index contributed by atoms with van der Waals surface area (Å²) in [6.07, 6.45) is 1.78. The molecule has 5 nitrogen and oxygen atoms in total. The summed E-state index contributed by atoms with van der Waals surface area (Å²) in [5, 5.41) is 6.79. The van der Waals surface area contributed by atoms with Gasteiger partial charge in [-0.25, -0.2) is 4.39 Å². The van der Waals surface area contributed by atoms with E-state index in [0.717, 1.165) is 5.69 Å². The van der Waals surface area contributed by atoms with Crippen molar-refractivity contribution >= 4 is 11.6 Å². The van der Waals surface area contributed by atoms with Gasteiger partial charge in [0.1, 0.15) is 5.82 Å². The number of hydrogen-bond acceptors (Lipinski definition) is 3. The second-order valence-electron chi connectivity index (χ2n) is 4.34. The maximum atomic E-state index is 13.5. The van der Waals surface area contributed by atoms with Crippen LogP contribution >= 0.6 is 0 Å². The minimum atomic E-state index is -0.483. The smallest absolute Gasteiger partial charge is 0.251 e. The van der Waals surface area contributed by atoms with E-state index in [-0.39, 0.29) is 23.7 Å². The van der Waals surface area contributed by atoms with E-state index in [9.17, 15) is 9.18 Å². The van der Waals surface area contributed by atoms with Gasteiger partial charge in [0.25, 0.3) is 5.91 Å². The SMILES string of the molecule is Cc1c(N)cc(C(=O)NCc2ccn(C)n2)cc1F. The maximum Gasteiger partial charge on any atom is 0.251 e. The molecule has 1 heterocycles. The number of rotatable bonds is 3. The van der Waals surface area contributed by atoms with E-state index in [1.165, 1.54) is 12.1 Å². The highest BCUT2D eigenvalue weighted by atomic mass is 19.1. The van der Waals surface area contributed by atoms with Gasteiger partial charge in [-0.3, -0.25) is 9.48 Å². The molecule has 6 heteroatoms. The van der Waals surface area contributed by atoms with Gasteiger partial charge in [0.2, 0.25) is 0 Å². The summed E-state index contributed by atoms with van der Waals surface area (Å²) < 4.78 is 15.1. The second kappa shape index (κ2) is 5.09. The zero-order valence-corrected chi connectivity index (χ0v) is 10.8. The summed E-state index contributed by atoms with van der Waals surface area (Å²) in [7, 11) is 1.79. The first kappa shape index (κ1) is 13.1. The first-order valence-corrected chi connectivity index (χ1v) is 5.79. The first-order chi connectivity index (χ1) is 8.97. The van der Waals surface area contributed by atoms with E-state index < -0.39 is 5.82 Å². The van der Waals surface area contributed by atoms with Gasteiger partial charge in [0.05, 0.1) is 12.2 Å². The molecule has 100 valence electrons. The van der Waals surface area contributed by atoms with Crippen molar-refractivity contribution in [3.63, 3.8) is 0 Å². The molecule has 0 radical (unpaired) electrons. The van der Waals surface area contributed by atoms with Gasteiger partial charge < -0.3 is 11.1 Å². The normalized spacial score (nSPS) is 10.5. The van der Waals surface area contributed by atoms with Crippen LogP contribution in [-0.4, -0.2) is 15.7 Å².